The summed E-state index contributed by atoms with van der Waals surface area (Å²) in [7, 11) is 0. The molecular formula is C8H14F2O. The van der Waals surface area contributed by atoms with Crippen molar-refractivity contribution in [3.05, 3.63) is 12.7 Å². The number of alkyl halides is 2. The fourth-order valence-corrected chi connectivity index (χ4v) is 0.394. The second-order valence-corrected chi connectivity index (χ2v) is 3.00. The molecule has 0 aromatic rings. The van der Waals surface area contributed by atoms with Crippen LogP contribution in [0.15, 0.2) is 12.7 Å². The van der Waals surface area contributed by atoms with E-state index in [4.69, 9.17) is 4.74 Å². The predicted octanol–water partition coefficient (Wildman–Crippen LogP) is 2.62. The largest absolute Gasteiger partial charge is 0.365 e. The topological polar surface area (TPSA) is 9.23 Å². The zero-order valence-electron chi connectivity index (χ0n) is 7.16. The van der Waals surface area contributed by atoms with E-state index in [0.29, 0.717) is 0 Å². The summed E-state index contributed by atoms with van der Waals surface area (Å²) >= 11 is 0. The van der Waals surface area contributed by atoms with Crippen molar-refractivity contribution in [2.45, 2.75) is 32.3 Å². The summed E-state index contributed by atoms with van der Waals surface area (Å²) in [5.74, 6) is -2.82. The van der Waals surface area contributed by atoms with Crippen LogP contribution in [0.3, 0.4) is 0 Å². The van der Waals surface area contributed by atoms with Crippen molar-refractivity contribution < 1.29 is 13.5 Å². The molecule has 0 rings (SSSR count). The highest BCUT2D eigenvalue weighted by molar-refractivity contribution is 4.84. The first-order valence-electron chi connectivity index (χ1n) is 3.44. The van der Waals surface area contributed by atoms with E-state index in [1.807, 2.05) is 0 Å². The molecule has 0 aromatic heterocycles. The summed E-state index contributed by atoms with van der Waals surface area (Å²) in [6.07, 6.45) is 1.45. The molecule has 0 saturated carbocycles. The fraction of sp³-hybridized carbons (Fsp3) is 0.750. The van der Waals surface area contributed by atoms with Crippen LogP contribution < -0.4 is 0 Å². The molecule has 0 radical (unpaired) electrons. The summed E-state index contributed by atoms with van der Waals surface area (Å²) < 4.78 is 30.2. The maximum atomic E-state index is 12.7. The Morgan fingerprint density at radius 2 is 1.82 bits per heavy atom. The second-order valence-electron chi connectivity index (χ2n) is 3.00. The molecule has 0 aliphatic heterocycles. The van der Waals surface area contributed by atoms with E-state index in [-0.39, 0.29) is 6.61 Å². The minimum absolute atomic E-state index is 0.149. The van der Waals surface area contributed by atoms with Crippen LogP contribution in [0.2, 0.25) is 0 Å². The highest BCUT2D eigenvalue weighted by Crippen LogP contribution is 2.30. The Bertz CT molecular complexity index is 136. The molecule has 0 unspecified atom stereocenters. The Kier molecular flexibility index (Phi) is 3.17. The van der Waals surface area contributed by atoms with Crippen LogP contribution in [0.1, 0.15) is 20.8 Å². The van der Waals surface area contributed by atoms with Gasteiger partial charge in [-0.3, -0.25) is 0 Å². The van der Waals surface area contributed by atoms with Gasteiger partial charge in [0.1, 0.15) is 5.60 Å². The Morgan fingerprint density at radius 3 is 2.09 bits per heavy atom. The highest BCUT2D eigenvalue weighted by atomic mass is 19.3. The lowest BCUT2D eigenvalue weighted by molar-refractivity contribution is -0.174. The number of ether oxygens (including phenoxy) is 1. The molecule has 66 valence electrons. The van der Waals surface area contributed by atoms with Gasteiger partial charge in [0, 0.05) is 6.92 Å². The Labute approximate surface area is 66.0 Å². The van der Waals surface area contributed by atoms with Gasteiger partial charge in [0.05, 0.1) is 6.61 Å². The lowest BCUT2D eigenvalue weighted by Gasteiger charge is -2.30. The van der Waals surface area contributed by atoms with Crippen LogP contribution in [0.25, 0.3) is 0 Å². The van der Waals surface area contributed by atoms with E-state index < -0.39 is 11.5 Å². The summed E-state index contributed by atoms with van der Waals surface area (Å²) in [6.45, 7) is 7.08. The molecule has 0 bridgehead atoms. The summed E-state index contributed by atoms with van der Waals surface area (Å²) in [4.78, 5) is 0. The molecule has 0 N–H and O–H groups in total. The molecule has 0 heterocycles. The third-order valence-corrected chi connectivity index (χ3v) is 1.62. The minimum atomic E-state index is -2.82. The number of halogens is 2. The van der Waals surface area contributed by atoms with E-state index in [1.165, 1.54) is 19.9 Å². The molecule has 3 heteroatoms. The lowest BCUT2D eigenvalue weighted by Crippen LogP contribution is -2.42. The molecule has 0 aliphatic carbocycles. The lowest BCUT2D eigenvalue weighted by atomic mass is 10.0. The third kappa shape index (κ3) is 2.97. The molecule has 0 atom stereocenters. The zero-order chi connectivity index (χ0) is 9.12. The summed E-state index contributed by atoms with van der Waals surface area (Å²) in [5, 5.41) is 0. The Hall–Kier alpha value is -0.440. The van der Waals surface area contributed by atoms with Crippen molar-refractivity contribution in [1.82, 2.24) is 0 Å². The SMILES string of the molecule is C=CCOC(C)(C)C(C)(F)F. The maximum absolute atomic E-state index is 12.7. The van der Waals surface area contributed by atoms with Crippen molar-refractivity contribution in [2.24, 2.45) is 0 Å². The van der Waals surface area contributed by atoms with E-state index in [0.717, 1.165) is 6.92 Å². The monoisotopic (exact) mass is 164 g/mol. The second kappa shape index (κ2) is 3.30. The Morgan fingerprint density at radius 1 is 1.36 bits per heavy atom. The number of hydrogen-bond acceptors (Lipinski definition) is 1. The van der Waals surface area contributed by atoms with Gasteiger partial charge in [-0.05, 0) is 13.8 Å². The molecule has 0 aliphatic rings. The molecule has 0 spiro atoms. The maximum Gasteiger partial charge on any atom is 0.273 e. The van der Waals surface area contributed by atoms with Gasteiger partial charge in [0.2, 0.25) is 0 Å². The van der Waals surface area contributed by atoms with Gasteiger partial charge >= 0.3 is 0 Å². The zero-order valence-corrected chi connectivity index (χ0v) is 7.16. The average Bonchev–Trinajstić information content (AvgIpc) is 1.81. The van der Waals surface area contributed by atoms with Crippen LogP contribution in [0.4, 0.5) is 8.78 Å². The van der Waals surface area contributed by atoms with E-state index in [1.54, 1.807) is 0 Å². The molecule has 0 aromatic carbocycles. The summed E-state index contributed by atoms with van der Waals surface area (Å²) in [5.41, 5.74) is -1.42. The molecule has 0 saturated heterocycles. The van der Waals surface area contributed by atoms with Gasteiger partial charge in [0.15, 0.2) is 0 Å². The van der Waals surface area contributed by atoms with Crippen molar-refractivity contribution in [3.8, 4) is 0 Å². The van der Waals surface area contributed by atoms with Gasteiger partial charge in [-0.15, -0.1) is 6.58 Å². The average molecular weight is 164 g/mol. The minimum Gasteiger partial charge on any atom is -0.365 e. The molecule has 0 amide bonds. The van der Waals surface area contributed by atoms with Crippen LogP contribution >= 0.6 is 0 Å². The van der Waals surface area contributed by atoms with E-state index in [2.05, 4.69) is 6.58 Å². The molecule has 11 heavy (non-hydrogen) atoms. The smallest absolute Gasteiger partial charge is 0.273 e. The molecular weight excluding hydrogens is 150 g/mol. The summed E-state index contributed by atoms with van der Waals surface area (Å²) in [6, 6.07) is 0. The van der Waals surface area contributed by atoms with Gasteiger partial charge < -0.3 is 4.74 Å². The van der Waals surface area contributed by atoms with E-state index in [9.17, 15) is 8.78 Å². The number of rotatable bonds is 4. The third-order valence-electron chi connectivity index (χ3n) is 1.62. The van der Waals surface area contributed by atoms with Crippen molar-refractivity contribution >= 4 is 0 Å². The first-order valence-corrected chi connectivity index (χ1v) is 3.44. The van der Waals surface area contributed by atoms with Crippen LogP contribution in [0.5, 0.6) is 0 Å². The van der Waals surface area contributed by atoms with Crippen LogP contribution in [-0.2, 0) is 4.74 Å². The predicted molar refractivity (Wildman–Crippen MR) is 40.8 cm³/mol. The van der Waals surface area contributed by atoms with E-state index >= 15 is 0 Å². The van der Waals surface area contributed by atoms with Gasteiger partial charge in [0.25, 0.3) is 5.92 Å². The standard InChI is InChI=1S/C8H14F2O/c1-5-6-11-7(2,3)8(4,9)10/h5H,1,6H2,2-4H3. The molecule has 0 fully saturated rings. The Balaban J connectivity index is 4.10. The quantitative estimate of drug-likeness (QED) is 0.580. The number of hydrogen-bond donors (Lipinski definition) is 0. The van der Waals surface area contributed by atoms with Gasteiger partial charge in [-0.25, -0.2) is 8.78 Å². The fourth-order valence-electron chi connectivity index (χ4n) is 0.394. The van der Waals surface area contributed by atoms with Crippen molar-refractivity contribution in [3.63, 3.8) is 0 Å². The van der Waals surface area contributed by atoms with Crippen molar-refractivity contribution in [2.75, 3.05) is 6.61 Å². The first-order chi connectivity index (χ1) is 4.81. The van der Waals surface area contributed by atoms with Crippen LogP contribution in [-0.4, -0.2) is 18.1 Å². The van der Waals surface area contributed by atoms with Crippen LogP contribution in [0, 0.1) is 0 Å². The molecule has 1 nitrogen and oxygen atoms in total. The van der Waals surface area contributed by atoms with Crippen molar-refractivity contribution in [1.29, 1.82) is 0 Å². The first kappa shape index (κ1) is 10.6. The normalized spacial score (nSPS) is 13.2. The van der Waals surface area contributed by atoms with Gasteiger partial charge in [-0.1, -0.05) is 6.08 Å². The highest BCUT2D eigenvalue weighted by Gasteiger charge is 2.42. The van der Waals surface area contributed by atoms with Gasteiger partial charge in [-0.2, -0.15) is 0 Å².